The number of hydrogen-bond donors (Lipinski definition) is 0. The van der Waals surface area contributed by atoms with Gasteiger partial charge in [0.05, 0.1) is 27.5 Å². The molecule has 0 bridgehead atoms. The summed E-state index contributed by atoms with van der Waals surface area (Å²) in [5.74, 6) is 0. The zero-order valence-electron chi connectivity index (χ0n) is 15.8. The van der Waals surface area contributed by atoms with E-state index in [1.54, 1.807) is 12.1 Å². The molecule has 0 saturated carbocycles. The zero-order chi connectivity index (χ0) is 20.2. The van der Waals surface area contributed by atoms with Gasteiger partial charge in [0.1, 0.15) is 23.3 Å². The molecular formula is C26H13N3O. The van der Waals surface area contributed by atoms with Crippen molar-refractivity contribution in [3.8, 4) is 17.8 Å². The lowest BCUT2D eigenvalue weighted by molar-refractivity contribution is 0.673. The van der Waals surface area contributed by atoms with Crippen molar-refractivity contribution in [2.24, 2.45) is 0 Å². The number of aromatic nitrogens is 1. The molecule has 0 aliphatic rings. The van der Waals surface area contributed by atoms with Crippen LogP contribution in [0.25, 0.3) is 49.4 Å². The fourth-order valence-corrected chi connectivity index (χ4v) is 4.37. The van der Waals surface area contributed by atoms with Crippen LogP contribution in [0.15, 0.2) is 83.3 Å². The first-order valence-electron chi connectivity index (χ1n) is 9.58. The Bertz CT molecular complexity index is 1720. The van der Waals surface area contributed by atoms with Crippen molar-refractivity contribution >= 4 is 43.7 Å². The molecule has 0 unspecified atom stereocenters. The highest BCUT2D eigenvalue weighted by Gasteiger charge is 2.18. The van der Waals surface area contributed by atoms with Crippen molar-refractivity contribution in [1.29, 1.82) is 10.5 Å². The number of nitriles is 2. The number of nitrogens with zero attached hydrogens (tertiary/aromatic N) is 3. The average molecular weight is 383 g/mol. The summed E-state index contributed by atoms with van der Waals surface area (Å²) in [6.45, 7) is 0. The van der Waals surface area contributed by atoms with Gasteiger partial charge >= 0.3 is 0 Å². The molecule has 0 radical (unpaired) electrons. The first-order valence-corrected chi connectivity index (χ1v) is 9.58. The van der Waals surface area contributed by atoms with Gasteiger partial charge in [-0.25, -0.2) is 0 Å². The minimum absolute atomic E-state index is 0.366. The van der Waals surface area contributed by atoms with Gasteiger partial charge in [0.2, 0.25) is 0 Å². The van der Waals surface area contributed by atoms with Crippen LogP contribution in [0.4, 0.5) is 0 Å². The Hall–Kier alpha value is -4.54. The summed E-state index contributed by atoms with van der Waals surface area (Å²) in [6, 6.07) is 30.0. The molecule has 0 saturated heterocycles. The molecule has 4 aromatic carbocycles. The zero-order valence-corrected chi connectivity index (χ0v) is 15.8. The minimum Gasteiger partial charge on any atom is -0.455 e. The highest BCUT2D eigenvalue weighted by molar-refractivity contribution is 6.23. The summed E-state index contributed by atoms with van der Waals surface area (Å²) in [4.78, 5) is 0. The van der Waals surface area contributed by atoms with E-state index in [0.717, 1.165) is 49.4 Å². The van der Waals surface area contributed by atoms with Gasteiger partial charge in [-0.3, -0.25) is 0 Å². The van der Waals surface area contributed by atoms with E-state index in [1.807, 2.05) is 36.4 Å². The molecule has 0 fully saturated rings. The predicted molar refractivity (Wildman–Crippen MR) is 117 cm³/mol. The van der Waals surface area contributed by atoms with Crippen LogP contribution in [-0.2, 0) is 0 Å². The third kappa shape index (κ3) is 2.08. The van der Waals surface area contributed by atoms with Gasteiger partial charge < -0.3 is 8.98 Å². The van der Waals surface area contributed by atoms with E-state index in [4.69, 9.17) is 4.42 Å². The summed E-state index contributed by atoms with van der Waals surface area (Å²) in [7, 11) is 0. The highest BCUT2D eigenvalue weighted by Crippen LogP contribution is 2.40. The summed E-state index contributed by atoms with van der Waals surface area (Å²) in [6.07, 6.45) is 0. The number of furan rings is 1. The Morgan fingerprint density at radius 1 is 0.667 bits per heavy atom. The van der Waals surface area contributed by atoms with Crippen LogP contribution in [0.3, 0.4) is 0 Å². The third-order valence-corrected chi connectivity index (χ3v) is 5.68. The van der Waals surface area contributed by atoms with E-state index in [0.29, 0.717) is 11.1 Å². The van der Waals surface area contributed by atoms with E-state index < -0.39 is 0 Å². The second-order valence-electron chi connectivity index (χ2n) is 7.24. The first kappa shape index (κ1) is 16.4. The van der Waals surface area contributed by atoms with Crippen LogP contribution in [0.2, 0.25) is 0 Å². The lowest BCUT2D eigenvalue weighted by Crippen LogP contribution is -1.96. The molecule has 0 aliphatic heterocycles. The number of fused-ring (bicyclic) bond motifs is 7. The first-order chi connectivity index (χ1) is 14.8. The molecule has 0 spiro atoms. The second kappa shape index (κ2) is 5.98. The molecule has 4 heteroatoms. The fraction of sp³-hybridized carbons (Fsp3) is 0. The topological polar surface area (TPSA) is 65.7 Å². The van der Waals surface area contributed by atoms with Gasteiger partial charge in [0, 0.05) is 21.8 Å². The molecule has 0 N–H and O–H groups in total. The van der Waals surface area contributed by atoms with E-state index in [1.165, 1.54) is 0 Å². The minimum atomic E-state index is 0.366. The lowest BCUT2D eigenvalue weighted by atomic mass is 10.1. The molecule has 4 nitrogen and oxygen atoms in total. The second-order valence-corrected chi connectivity index (χ2v) is 7.24. The monoisotopic (exact) mass is 383 g/mol. The normalized spacial score (nSPS) is 11.3. The molecule has 6 aromatic rings. The fourth-order valence-electron chi connectivity index (χ4n) is 4.37. The maximum Gasteiger partial charge on any atom is 0.145 e. The molecule has 0 amide bonds. The van der Waals surface area contributed by atoms with Crippen molar-refractivity contribution in [1.82, 2.24) is 4.57 Å². The van der Waals surface area contributed by atoms with Gasteiger partial charge in [-0.15, -0.1) is 0 Å². The SMILES string of the molecule is N#Cc1ccc(-n2c3ccccc3c3c4oc5ccccc5c4ccc32)cc1C#N. The number of benzene rings is 4. The van der Waals surface area contributed by atoms with Crippen LogP contribution in [0.1, 0.15) is 11.1 Å². The lowest BCUT2D eigenvalue weighted by Gasteiger charge is -2.08. The Labute approximate surface area is 171 Å². The van der Waals surface area contributed by atoms with E-state index in [9.17, 15) is 10.5 Å². The van der Waals surface area contributed by atoms with Crippen molar-refractivity contribution in [2.45, 2.75) is 0 Å². The van der Waals surface area contributed by atoms with E-state index in [2.05, 4.69) is 47.0 Å². The van der Waals surface area contributed by atoms with Crippen molar-refractivity contribution in [2.75, 3.05) is 0 Å². The Balaban J connectivity index is 1.80. The standard InChI is InChI=1S/C26H13N3O/c27-14-16-9-10-18(13-17(16)15-28)29-22-7-3-1-6-21(22)25-23(29)12-11-20-19-5-2-4-8-24(19)30-26(20)25/h1-13H. The number of hydrogen-bond acceptors (Lipinski definition) is 3. The smallest absolute Gasteiger partial charge is 0.145 e. The van der Waals surface area contributed by atoms with Crippen molar-refractivity contribution < 1.29 is 4.42 Å². The molecule has 0 atom stereocenters. The summed E-state index contributed by atoms with van der Waals surface area (Å²) >= 11 is 0. The number of para-hydroxylation sites is 2. The Morgan fingerprint density at radius 2 is 1.43 bits per heavy atom. The summed E-state index contributed by atoms with van der Waals surface area (Å²) < 4.78 is 8.42. The largest absolute Gasteiger partial charge is 0.455 e. The molecule has 6 rings (SSSR count). The van der Waals surface area contributed by atoms with Crippen LogP contribution >= 0.6 is 0 Å². The van der Waals surface area contributed by atoms with E-state index >= 15 is 0 Å². The van der Waals surface area contributed by atoms with Gasteiger partial charge in [-0.1, -0.05) is 36.4 Å². The molecule has 138 valence electrons. The Morgan fingerprint density at radius 3 is 2.27 bits per heavy atom. The predicted octanol–water partition coefficient (Wildman–Crippen LogP) is 6.43. The molecule has 0 aliphatic carbocycles. The van der Waals surface area contributed by atoms with Crippen LogP contribution in [0, 0.1) is 22.7 Å². The Kier molecular flexibility index (Phi) is 3.27. The quantitative estimate of drug-likeness (QED) is 0.329. The molecule has 2 heterocycles. The van der Waals surface area contributed by atoms with Gasteiger partial charge in [0.15, 0.2) is 0 Å². The van der Waals surface area contributed by atoms with Gasteiger partial charge in [-0.2, -0.15) is 10.5 Å². The highest BCUT2D eigenvalue weighted by atomic mass is 16.3. The van der Waals surface area contributed by atoms with E-state index in [-0.39, 0.29) is 0 Å². The average Bonchev–Trinajstić information content (AvgIpc) is 3.34. The van der Waals surface area contributed by atoms with Crippen LogP contribution < -0.4 is 0 Å². The summed E-state index contributed by atoms with van der Waals surface area (Å²) in [5.41, 5.74) is 5.32. The van der Waals surface area contributed by atoms with Crippen LogP contribution in [-0.4, -0.2) is 4.57 Å². The van der Waals surface area contributed by atoms with Crippen LogP contribution in [0.5, 0.6) is 0 Å². The number of rotatable bonds is 1. The molecule has 2 aromatic heterocycles. The van der Waals surface area contributed by atoms with Gasteiger partial charge in [-0.05, 0) is 42.5 Å². The van der Waals surface area contributed by atoms with Crippen molar-refractivity contribution in [3.63, 3.8) is 0 Å². The van der Waals surface area contributed by atoms with Crippen molar-refractivity contribution in [3.05, 3.63) is 90.0 Å². The third-order valence-electron chi connectivity index (χ3n) is 5.68. The maximum atomic E-state index is 9.49. The van der Waals surface area contributed by atoms with Gasteiger partial charge in [0.25, 0.3) is 0 Å². The molecular weight excluding hydrogens is 370 g/mol. The summed E-state index contributed by atoms with van der Waals surface area (Å²) in [5, 5.41) is 23.1. The maximum absolute atomic E-state index is 9.49. The molecule has 30 heavy (non-hydrogen) atoms.